The molecule has 2 heterocycles. The number of aliphatic hydroxyl groups excluding tert-OH is 1. The molecule has 0 saturated carbocycles. The minimum Gasteiger partial charge on any atom is -0.388 e. The molecular weight excluding hydrogens is 242 g/mol. The standard InChI is InChI=1S/C13H13N5O/c1-18-11(5-6-14-18)9-3-2-4-10(7-9)13-15-12(8-19)16-17-13/h2-7,19H,8H2,1H3,(H,15,16,17). The summed E-state index contributed by atoms with van der Waals surface area (Å²) in [5.74, 6) is 1.04. The van der Waals surface area contributed by atoms with E-state index in [9.17, 15) is 0 Å². The van der Waals surface area contributed by atoms with Crippen molar-refractivity contribution in [2.75, 3.05) is 0 Å². The molecule has 96 valence electrons. The minimum absolute atomic E-state index is 0.144. The number of H-pyrrole nitrogens is 1. The third kappa shape index (κ3) is 2.13. The molecule has 0 aliphatic rings. The Balaban J connectivity index is 2.02. The van der Waals surface area contributed by atoms with E-state index in [0.29, 0.717) is 11.6 Å². The lowest BCUT2D eigenvalue weighted by Gasteiger charge is -2.03. The van der Waals surface area contributed by atoms with Crippen LogP contribution in [0.2, 0.25) is 0 Å². The molecule has 3 aromatic rings. The normalized spacial score (nSPS) is 10.8. The molecule has 0 unspecified atom stereocenters. The summed E-state index contributed by atoms with van der Waals surface area (Å²) < 4.78 is 1.82. The van der Waals surface area contributed by atoms with Crippen LogP contribution in [0.1, 0.15) is 5.82 Å². The van der Waals surface area contributed by atoms with Gasteiger partial charge in [-0.05, 0) is 12.1 Å². The molecule has 6 heteroatoms. The summed E-state index contributed by atoms with van der Waals surface area (Å²) in [6.07, 6.45) is 1.76. The van der Waals surface area contributed by atoms with Gasteiger partial charge in [0.2, 0.25) is 0 Å². The van der Waals surface area contributed by atoms with Crippen LogP contribution in [0.5, 0.6) is 0 Å². The number of nitrogens with one attached hydrogen (secondary N) is 1. The van der Waals surface area contributed by atoms with E-state index in [1.165, 1.54) is 0 Å². The first kappa shape index (κ1) is 11.6. The molecule has 2 aromatic heterocycles. The second-order valence-electron chi connectivity index (χ2n) is 4.18. The van der Waals surface area contributed by atoms with Crippen LogP contribution in [0.3, 0.4) is 0 Å². The number of aromatic amines is 1. The SMILES string of the molecule is Cn1nccc1-c1cccc(-c2n[nH]c(CO)n2)c1. The van der Waals surface area contributed by atoms with E-state index in [2.05, 4.69) is 20.3 Å². The van der Waals surface area contributed by atoms with Crippen molar-refractivity contribution in [2.45, 2.75) is 6.61 Å². The first-order valence-corrected chi connectivity index (χ1v) is 5.89. The van der Waals surface area contributed by atoms with Crippen molar-refractivity contribution >= 4 is 0 Å². The number of hydrogen-bond acceptors (Lipinski definition) is 4. The molecule has 6 nitrogen and oxygen atoms in total. The molecule has 19 heavy (non-hydrogen) atoms. The lowest BCUT2D eigenvalue weighted by atomic mass is 10.1. The fourth-order valence-corrected chi connectivity index (χ4v) is 1.97. The topological polar surface area (TPSA) is 79.6 Å². The van der Waals surface area contributed by atoms with E-state index in [4.69, 9.17) is 5.11 Å². The van der Waals surface area contributed by atoms with Gasteiger partial charge in [0.15, 0.2) is 11.6 Å². The first-order chi connectivity index (χ1) is 9.28. The van der Waals surface area contributed by atoms with Gasteiger partial charge in [-0.3, -0.25) is 9.78 Å². The Bertz CT molecular complexity index is 700. The number of aromatic nitrogens is 5. The lowest BCUT2D eigenvalue weighted by molar-refractivity contribution is 0.272. The van der Waals surface area contributed by atoms with Gasteiger partial charge in [0.25, 0.3) is 0 Å². The third-order valence-electron chi connectivity index (χ3n) is 2.92. The molecule has 0 spiro atoms. The highest BCUT2D eigenvalue weighted by atomic mass is 16.3. The molecular formula is C13H13N5O. The van der Waals surface area contributed by atoms with Gasteiger partial charge in [-0.2, -0.15) is 10.2 Å². The van der Waals surface area contributed by atoms with Gasteiger partial charge < -0.3 is 5.11 Å². The van der Waals surface area contributed by atoms with Gasteiger partial charge in [0.1, 0.15) is 6.61 Å². The van der Waals surface area contributed by atoms with E-state index in [1.807, 2.05) is 42.1 Å². The predicted molar refractivity (Wildman–Crippen MR) is 69.9 cm³/mol. The Kier molecular flexibility index (Phi) is 2.85. The Labute approximate surface area is 109 Å². The molecule has 0 aliphatic heterocycles. The average molecular weight is 255 g/mol. The highest BCUT2D eigenvalue weighted by Gasteiger charge is 2.08. The van der Waals surface area contributed by atoms with E-state index < -0.39 is 0 Å². The zero-order valence-electron chi connectivity index (χ0n) is 10.4. The second-order valence-corrected chi connectivity index (χ2v) is 4.18. The molecule has 0 fully saturated rings. The largest absolute Gasteiger partial charge is 0.388 e. The number of benzene rings is 1. The predicted octanol–water partition coefficient (Wildman–Crippen LogP) is 1.36. The maximum absolute atomic E-state index is 8.99. The van der Waals surface area contributed by atoms with Crippen molar-refractivity contribution < 1.29 is 5.11 Å². The number of aliphatic hydroxyl groups is 1. The number of aryl methyl sites for hydroxylation is 1. The molecule has 0 saturated heterocycles. The number of nitrogens with zero attached hydrogens (tertiary/aromatic N) is 4. The number of rotatable bonds is 3. The zero-order chi connectivity index (χ0) is 13.2. The Hall–Kier alpha value is -2.47. The highest BCUT2D eigenvalue weighted by Crippen LogP contribution is 2.23. The summed E-state index contributed by atoms with van der Waals surface area (Å²) in [4.78, 5) is 4.20. The fourth-order valence-electron chi connectivity index (χ4n) is 1.97. The minimum atomic E-state index is -0.144. The molecule has 2 N–H and O–H groups in total. The monoisotopic (exact) mass is 255 g/mol. The van der Waals surface area contributed by atoms with Crippen LogP contribution >= 0.6 is 0 Å². The molecule has 0 bridgehead atoms. The van der Waals surface area contributed by atoms with Crippen molar-refractivity contribution in [1.82, 2.24) is 25.0 Å². The van der Waals surface area contributed by atoms with Crippen molar-refractivity contribution in [3.63, 3.8) is 0 Å². The second kappa shape index (κ2) is 4.66. The van der Waals surface area contributed by atoms with Crippen molar-refractivity contribution in [3.05, 3.63) is 42.4 Å². The van der Waals surface area contributed by atoms with Gasteiger partial charge >= 0.3 is 0 Å². The van der Waals surface area contributed by atoms with Crippen LogP contribution in [0, 0.1) is 0 Å². The molecule has 0 aliphatic carbocycles. The quantitative estimate of drug-likeness (QED) is 0.740. The lowest BCUT2D eigenvalue weighted by Crippen LogP contribution is -1.93. The van der Waals surface area contributed by atoms with Crippen molar-refractivity contribution in [2.24, 2.45) is 7.05 Å². The van der Waals surface area contributed by atoms with Crippen LogP contribution in [0.4, 0.5) is 0 Å². The Morgan fingerprint density at radius 3 is 2.79 bits per heavy atom. The van der Waals surface area contributed by atoms with Crippen molar-refractivity contribution in [3.8, 4) is 22.6 Å². The van der Waals surface area contributed by atoms with E-state index >= 15 is 0 Å². The summed E-state index contributed by atoms with van der Waals surface area (Å²) in [5, 5.41) is 19.9. The molecule has 0 amide bonds. The summed E-state index contributed by atoms with van der Waals surface area (Å²) in [5.41, 5.74) is 2.97. The van der Waals surface area contributed by atoms with Crippen LogP contribution < -0.4 is 0 Å². The molecule has 0 atom stereocenters. The first-order valence-electron chi connectivity index (χ1n) is 5.89. The summed E-state index contributed by atoms with van der Waals surface area (Å²) >= 11 is 0. The van der Waals surface area contributed by atoms with Crippen LogP contribution in [-0.2, 0) is 13.7 Å². The highest BCUT2D eigenvalue weighted by molar-refractivity contribution is 5.67. The van der Waals surface area contributed by atoms with E-state index in [-0.39, 0.29) is 6.61 Å². The van der Waals surface area contributed by atoms with Crippen LogP contribution in [0.25, 0.3) is 22.6 Å². The smallest absolute Gasteiger partial charge is 0.181 e. The average Bonchev–Trinajstić information content (AvgIpc) is 3.07. The third-order valence-corrected chi connectivity index (χ3v) is 2.92. The van der Waals surface area contributed by atoms with Gasteiger partial charge in [0, 0.05) is 24.4 Å². The van der Waals surface area contributed by atoms with E-state index in [1.54, 1.807) is 6.20 Å². The maximum Gasteiger partial charge on any atom is 0.181 e. The summed E-state index contributed by atoms with van der Waals surface area (Å²) in [6.45, 7) is -0.144. The maximum atomic E-state index is 8.99. The molecule has 0 radical (unpaired) electrons. The summed E-state index contributed by atoms with van der Waals surface area (Å²) in [6, 6.07) is 9.86. The zero-order valence-corrected chi connectivity index (χ0v) is 10.4. The van der Waals surface area contributed by atoms with E-state index in [0.717, 1.165) is 16.8 Å². The molecule has 1 aromatic carbocycles. The van der Waals surface area contributed by atoms with Crippen LogP contribution in [-0.4, -0.2) is 30.1 Å². The van der Waals surface area contributed by atoms with Gasteiger partial charge in [0.05, 0.1) is 5.69 Å². The Morgan fingerprint density at radius 2 is 2.11 bits per heavy atom. The fraction of sp³-hybridized carbons (Fsp3) is 0.154. The van der Waals surface area contributed by atoms with Gasteiger partial charge in [-0.1, -0.05) is 18.2 Å². The number of hydrogen-bond donors (Lipinski definition) is 2. The summed E-state index contributed by atoms with van der Waals surface area (Å²) in [7, 11) is 1.90. The van der Waals surface area contributed by atoms with Crippen LogP contribution in [0.15, 0.2) is 36.5 Å². The molecule has 3 rings (SSSR count). The van der Waals surface area contributed by atoms with Gasteiger partial charge in [-0.15, -0.1) is 0 Å². The Morgan fingerprint density at radius 1 is 1.26 bits per heavy atom. The van der Waals surface area contributed by atoms with Crippen molar-refractivity contribution in [1.29, 1.82) is 0 Å². The van der Waals surface area contributed by atoms with Gasteiger partial charge in [-0.25, -0.2) is 4.98 Å².